The molecule has 24 heavy (non-hydrogen) atoms. The molecule has 1 saturated carbocycles. The van der Waals surface area contributed by atoms with Crippen molar-refractivity contribution in [2.45, 2.75) is 44.6 Å². The highest BCUT2D eigenvalue weighted by molar-refractivity contribution is 5.80. The van der Waals surface area contributed by atoms with Crippen LogP contribution < -0.4 is 5.32 Å². The van der Waals surface area contributed by atoms with E-state index < -0.39 is 0 Å². The number of hydrogen-bond acceptors (Lipinski definition) is 4. The number of carbonyl (C=O) groups excluding carboxylic acids is 2. The molecule has 2 amide bonds. The van der Waals surface area contributed by atoms with Crippen LogP contribution >= 0.6 is 0 Å². The van der Waals surface area contributed by atoms with E-state index in [9.17, 15) is 9.59 Å². The Morgan fingerprint density at radius 1 is 1.12 bits per heavy atom. The molecule has 0 aromatic carbocycles. The molecule has 6 heteroatoms. The summed E-state index contributed by atoms with van der Waals surface area (Å²) in [5.41, 5.74) is 0. The minimum absolute atomic E-state index is 0.103. The van der Waals surface area contributed by atoms with Crippen molar-refractivity contribution in [3.05, 3.63) is 0 Å². The Labute approximate surface area is 145 Å². The molecule has 0 aromatic rings. The van der Waals surface area contributed by atoms with Crippen LogP contribution in [0.25, 0.3) is 0 Å². The molecule has 3 rings (SSSR count). The summed E-state index contributed by atoms with van der Waals surface area (Å²) in [7, 11) is 2.14. The van der Waals surface area contributed by atoms with Crippen molar-refractivity contribution >= 4 is 11.8 Å². The maximum absolute atomic E-state index is 12.2. The maximum atomic E-state index is 12.2. The highest BCUT2D eigenvalue weighted by Gasteiger charge is 2.35. The summed E-state index contributed by atoms with van der Waals surface area (Å²) >= 11 is 0. The van der Waals surface area contributed by atoms with Gasteiger partial charge in [-0.3, -0.25) is 14.5 Å². The summed E-state index contributed by atoms with van der Waals surface area (Å²) in [5, 5.41) is 3.06. The first-order chi connectivity index (χ1) is 11.6. The fourth-order valence-corrected chi connectivity index (χ4v) is 4.29. The van der Waals surface area contributed by atoms with E-state index in [1.165, 1.54) is 12.8 Å². The molecule has 2 heterocycles. The van der Waals surface area contributed by atoms with E-state index >= 15 is 0 Å². The summed E-state index contributed by atoms with van der Waals surface area (Å²) in [6.45, 7) is 6.05. The van der Waals surface area contributed by atoms with Gasteiger partial charge in [-0.2, -0.15) is 0 Å². The van der Waals surface area contributed by atoms with Crippen LogP contribution in [0, 0.1) is 5.92 Å². The van der Waals surface area contributed by atoms with E-state index in [2.05, 4.69) is 27.1 Å². The van der Waals surface area contributed by atoms with E-state index in [0.717, 1.165) is 52.0 Å². The average Bonchev–Trinajstić information content (AvgIpc) is 3.15. The van der Waals surface area contributed by atoms with Crippen LogP contribution in [0.1, 0.15) is 38.5 Å². The minimum atomic E-state index is 0.103. The van der Waals surface area contributed by atoms with Gasteiger partial charge >= 0.3 is 0 Å². The Balaban J connectivity index is 1.38. The normalized spacial score (nSPS) is 27.6. The van der Waals surface area contributed by atoms with E-state index in [0.29, 0.717) is 25.6 Å². The largest absolute Gasteiger partial charge is 0.355 e. The predicted octanol–water partition coefficient (Wildman–Crippen LogP) is 0.531. The Morgan fingerprint density at radius 2 is 1.92 bits per heavy atom. The lowest BCUT2D eigenvalue weighted by Gasteiger charge is -2.24. The molecule has 0 radical (unpaired) electrons. The van der Waals surface area contributed by atoms with E-state index in [1.807, 2.05) is 0 Å². The van der Waals surface area contributed by atoms with Gasteiger partial charge < -0.3 is 15.1 Å². The van der Waals surface area contributed by atoms with Crippen molar-refractivity contribution in [1.82, 2.24) is 20.0 Å². The Hall–Kier alpha value is -1.14. The van der Waals surface area contributed by atoms with Crippen molar-refractivity contribution in [1.29, 1.82) is 0 Å². The van der Waals surface area contributed by atoms with E-state index in [1.54, 1.807) is 0 Å². The summed E-state index contributed by atoms with van der Waals surface area (Å²) in [6.07, 6.45) is 6.55. The zero-order valence-corrected chi connectivity index (χ0v) is 15.0. The molecule has 0 bridgehead atoms. The smallest absolute Gasteiger partial charge is 0.234 e. The van der Waals surface area contributed by atoms with Gasteiger partial charge in [0.15, 0.2) is 0 Å². The van der Waals surface area contributed by atoms with Crippen LogP contribution in [-0.2, 0) is 9.59 Å². The molecule has 1 N–H and O–H groups in total. The number of hydrogen-bond donors (Lipinski definition) is 1. The highest BCUT2D eigenvalue weighted by Crippen LogP contribution is 2.29. The Bertz CT molecular complexity index is 450. The molecular formula is C18H32N4O2. The van der Waals surface area contributed by atoms with Gasteiger partial charge in [-0.05, 0) is 39.4 Å². The standard InChI is InChI=1S/C18H32N4O2/c1-20-7-4-8-21(10-9-20)14-17(23)19-12-15-11-18(24)22(13-15)16-5-2-3-6-16/h15-16H,2-14H2,1H3,(H,19,23)/t15-/m0/s1. The third-order valence-corrected chi connectivity index (χ3v) is 5.77. The minimum Gasteiger partial charge on any atom is -0.355 e. The van der Waals surface area contributed by atoms with Gasteiger partial charge in [-0.25, -0.2) is 0 Å². The summed E-state index contributed by atoms with van der Waals surface area (Å²) in [6, 6.07) is 0.465. The fraction of sp³-hybridized carbons (Fsp3) is 0.889. The first kappa shape index (κ1) is 17.7. The predicted molar refractivity (Wildman–Crippen MR) is 93.6 cm³/mol. The van der Waals surface area contributed by atoms with Gasteiger partial charge in [0.1, 0.15) is 0 Å². The molecule has 3 fully saturated rings. The lowest BCUT2D eigenvalue weighted by atomic mass is 10.1. The quantitative estimate of drug-likeness (QED) is 0.796. The maximum Gasteiger partial charge on any atom is 0.234 e. The van der Waals surface area contributed by atoms with E-state index in [4.69, 9.17) is 0 Å². The molecule has 3 aliphatic rings. The molecule has 1 atom stereocenters. The number of nitrogens with zero attached hydrogens (tertiary/aromatic N) is 3. The third-order valence-electron chi connectivity index (χ3n) is 5.77. The fourth-order valence-electron chi connectivity index (χ4n) is 4.29. The van der Waals surface area contributed by atoms with E-state index in [-0.39, 0.29) is 17.7 Å². The lowest BCUT2D eigenvalue weighted by molar-refractivity contribution is -0.129. The second-order valence-electron chi connectivity index (χ2n) is 7.79. The number of likely N-dealkylation sites (N-methyl/N-ethyl adjacent to an activating group) is 1. The molecule has 0 unspecified atom stereocenters. The Kier molecular flexibility index (Phi) is 6.11. The van der Waals surface area contributed by atoms with Crippen LogP contribution in [0.5, 0.6) is 0 Å². The average molecular weight is 336 g/mol. The van der Waals surface area contributed by atoms with Crippen LogP contribution in [0.15, 0.2) is 0 Å². The number of nitrogens with one attached hydrogen (secondary N) is 1. The van der Waals surface area contributed by atoms with Gasteiger partial charge in [0.25, 0.3) is 0 Å². The van der Waals surface area contributed by atoms with Crippen molar-refractivity contribution in [3.63, 3.8) is 0 Å². The van der Waals surface area contributed by atoms with Gasteiger partial charge in [0.05, 0.1) is 6.54 Å². The molecule has 136 valence electrons. The molecule has 6 nitrogen and oxygen atoms in total. The number of rotatable bonds is 5. The SMILES string of the molecule is CN1CCCN(CC(=O)NC[C@@H]2CC(=O)N(C3CCCC3)C2)CC1. The summed E-state index contributed by atoms with van der Waals surface area (Å²) in [4.78, 5) is 31.1. The first-order valence-corrected chi connectivity index (χ1v) is 9.59. The van der Waals surface area contributed by atoms with Crippen molar-refractivity contribution < 1.29 is 9.59 Å². The molecule has 2 aliphatic heterocycles. The van der Waals surface area contributed by atoms with Crippen LogP contribution in [0.4, 0.5) is 0 Å². The molecular weight excluding hydrogens is 304 g/mol. The molecule has 0 spiro atoms. The molecule has 1 aliphatic carbocycles. The van der Waals surface area contributed by atoms with Crippen molar-refractivity contribution in [3.8, 4) is 0 Å². The third kappa shape index (κ3) is 4.70. The second kappa shape index (κ2) is 8.30. The zero-order valence-electron chi connectivity index (χ0n) is 15.0. The molecule has 2 saturated heterocycles. The van der Waals surface area contributed by atoms with Gasteiger partial charge in [-0.15, -0.1) is 0 Å². The zero-order chi connectivity index (χ0) is 16.9. The van der Waals surface area contributed by atoms with Crippen LogP contribution in [0.2, 0.25) is 0 Å². The topological polar surface area (TPSA) is 55.9 Å². The van der Waals surface area contributed by atoms with Crippen LogP contribution in [0.3, 0.4) is 0 Å². The number of carbonyl (C=O) groups is 2. The van der Waals surface area contributed by atoms with Crippen molar-refractivity contribution in [2.75, 3.05) is 52.9 Å². The second-order valence-corrected chi connectivity index (χ2v) is 7.79. The number of likely N-dealkylation sites (tertiary alicyclic amines) is 1. The van der Waals surface area contributed by atoms with Crippen molar-refractivity contribution in [2.24, 2.45) is 5.92 Å². The first-order valence-electron chi connectivity index (χ1n) is 9.59. The summed E-state index contributed by atoms with van der Waals surface area (Å²) in [5.74, 6) is 0.681. The van der Waals surface area contributed by atoms with Crippen LogP contribution in [-0.4, -0.2) is 85.4 Å². The number of amides is 2. The molecule has 0 aromatic heterocycles. The van der Waals surface area contributed by atoms with Gasteiger partial charge in [-0.1, -0.05) is 12.8 Å². The van der Waals surface area contributed by atoms with Gasteiger partial charge in [0, 0.05) is 44.6 Å². The lowest BCUT2D eigenvalue weighted by Crippen LogP contribution is -2.41. The Morgan fingerprint density at radius 3 is 2.71 bits per heavy atom. The monoisotopic (exact) mass is 336 g/mol. The highest BCUT2D eigenvalue weighted by atomic mass is 16.2. The summed E-state index contributed by atoms with van der Waals surface area (Å²) < 4.78 is 0. The van der Waals surface area contributed by atoms with Gasteiger partial charge in [0.2, 0.25) is 11.8 Å².